The first-order chi connectivity index (χ1) is 10.8. The largest absolute Gasteiger partial charge is 0.355 e. The van der Waals surface area contributed by atoms with Gasteiger partial charge in [-0.25, -0.2) is 17.7 Å². The molecular formula is C14H27N5O2S2. The first-order valence-corrected chi connectivity index (χ1v) is 10.1. The van der Waals surface area contributed by atoms with Crippen LogP contribution in [0.4, 0.5) is 0 Å². The molecule has 0 aliphatic carbocycles. The molecule has 1 rings (SSSR count). The molecule has 0 bridgehead atoms. The second kappa shape index (κ2) is 9.19. The molecule has 0 saturated heterocycles. The van der Waals surface area contributed by atoms with Crippen LogP contribution in [-0.2, 0) is 16.6 Å². The van der Waals surface area contributed by atoms with E-state index in [2.05, 4.69) is 15.3 Å². The molecule has 0 saturated carbocycles. The Morgan fingerprint density at radius 1 is 1.39 bits per heavy atom. The summed E-state index contributed by atoms with van der Waals surface area (Å²) in [6.45, 7) is 7.61. The third kappa shape index (κ3) is 6.08. The number of rotatable bonds is 8. The predicted molar refractivity (Wildman–Crippen MR) is 96.4 cm³/mol. The van der Waals surface area contributed by atoms with Gasteiger partial charge < -0.3 is 10.2 Å². The molecule has 9 heteroatoms. The zero-order valence-corrected chi connectivity index (χ0v) is 16.2. The van der Waals surface area contributed by atoms with Crippen molar-refractivity contribution in [1.82, 2.24) is 19.5 Å². The molecule has 0 aromatic carbocycles. The van der Waals surface area contributed by atoms with E-state index in [1.165, 1.54) is 4.31 Å². The number of aryl methyl sites for hydroxylation is 1. The molecule has 0 amide bonds. The number of guanidine groups is 1. The molecule has 23 heavy (non-hydrogen) atoms. The Morgan fingerprint density at radius 3 is 2.52 bits per heavy atom. The lowest BCUT2D eigenvalue weighted by atomic mass is 10.4. The van der Waals surface area contributed by atoms with Gasteiger partial charge in [-0.3, -0.25) is 4.99 Å². The van der Waals surface area contributed by atoms with Crippen LogP contribution in [0.15, 0.2) is 10.4 Å². The quantitative estimate of drug-likeness (QED) is 0.555. The summed E-state index contributed by atoms with van der Waals surface area (Å²) in [5.74, 6) is 0.711. The molecule has 1 heterocycles. The normalized spacial score (nSPS) is 12.7. The van der Waals surface area contributed by atoms with E-state index in [1.807, 2.05) is 38.1 Å². The fourth-order valence-electron chi connectivity index (χ4n) is 2.22. The molecule has 0 aliphatic heterocycles. The summed E-state index contributed by atoms with van der Waals surface area (Å²) >= 11 is 1.61. The summed E-state index contributed by atoms with van der Waals surface area (Å²) < 4.78 is 25.8. The van der Waals surface area contributed by atoms with Gasteiger partial charge in [0.2, 0.25) is 10.0 Å². The van der Waals surface area contributed by atoms with E-state index < -0.39 is 10.0 Å². The van der Waals surface area contributed by atoms with Gasteiger partial charge in [0.25, 0.3) is 0 Å². The average Bonchev–Trinajstić information content (AvgIpc) is 2.89. The van der Waals surface area contributed by atoms with Crippen LogP contribution >= 0.6 is 11.3 Å². The number of hydrogen-bond donors (Lipinski definition) is 1. The Labute approximate surface area is 143 Å². The molecule has 0 fully saturated rings. The van der Waals surface area contributed by atoms with Crippen molar-refractivity contribution in [1.29, 1.82) is 0 Å². The second-order valence-electron chi connectivity index (χ2n) is 5.09. The van der Waals surface area contributed by atoms with Gasteiger partial charge in [0.05, 0.1) is 23.0 Å². The highest BCUT2D eigenvalue weighted by atomic mass is 32.2. The first kappa shape index (κ1) is 19.9. The summed E-state index contributed by atoms with van der Waals surface area (Å²) in [7, 11) is 0.369. The zero-order chi connectivity index (χ0) is 17.5. The van der Waals surface area contributed by atoms with Crippen molar-refractivity contribution in [3.05, 3.63) is 16.1 Å². The van der Waals surface area contributed by atoms with Gasteiger partial charge in [-0.05, 0) is 6.92 Å². The minimum Gasteiger partial charge on any atom is -0.355 e. The van der Waals surface area contributed by atoms with Crippen molar-refractivity contribution in [3.8, 4) is 0 Å². The van der Waals surface area contributed by atoms with Crippen LogP contribution < -0.4 is 5.32 Å². The average molecular weight is 362 g/mol. The molecular weight excluding hydrogens is 334 g/mol. The number of sulfonamides is 1. The Balaban J connectivity index is 2.54. The molecule has 132 valence electrons. The summed E-state index contributed by atoms with van der Waals surface area (Å²) in [4.78, 5) is 10.5. The summed E-state index contributed by atoms with van der Waals surface area (Å²) in [5, 5.41) is 6.15. The third-order valence-corrected chi connectivity index (χ3v) is 6.23. The highest BCUT2D eigenvalue weighted by Gasteiger charge is 2.18. The number of nitrogens with one attached hydrogen (secondary N) is 1. The fourth-order valence-corrected chi connectivity index (χ4v) is 4.23. The molecule has 0 unspecified atom stereocenters. The molecule has 0 spiro atoms. The summed E-state index contributed by atoms with van der Waals surface area (Å²) in [5.41, 5.74) is 0.980. The highest BCUT2D eigenvalue weighted by molar-refractivity contribution is 7.89. The lowest BCUT2D eigenvalue weighted by molar-refractivity contribution is 0.443. The highest BCUT2D eigenvalue weighted by Crippen LogP contribution is 2.09. The van der Waals surface area contributed by atoms with Gasteiger partial charge >= 0.3 is 0 Å². The van der Waals surface area contributed by atoms with Gasteiger partial charge in [0.1, 0.15) is 0 Å². The molecule has 0 radical (unpaired) electrons. The van der Waals surface area contributed by atoms with E-state index in [0.29, 0.717) is 32.1 Å². The van der Waals surface area contributed by atoms with Gasteiger partial charge in [-0.1, -0.05) is 13.8 Å². The molecule has 1 N–H and O–H groups in total. The number of thiazole rings is 1. The lowest BCUT2D eigenvalue weighted by Crippen LogP contribution is -2.42. The van der Waals surface area contributed by atoms with Gasteiger partial charge in [0.15, 0.2) is 5.96 Å². The second-order valence-corrected chi connectivity index (χ2v) is 8.24. The Bertz CT molecular complexity index is 608. The van der Waals surface area contributed by atoms with Gasteiger partial charge in [0, 0.05) is 39.1 Å². The standard InChI is InChI=1S/C14H27N5O2S2/c1-6-19(7-2)23(20,21)9-8-16-14(15-4)18(5)10-13-11-22-12(3)17-13/h11H,6-10H2,1-5H3,(H,15,16). The monoisotopic (exact) mass is 361 g/mol. The van der Waals surface area contributed by atoms with Gasteiger partial charge in [-0.2, -0.15) is 0 Å². The van der Waals surface area contributed by atoms with E-state index in [9.17, 15) is 8.42 Å². The molecule has 1 aromatic rings. The maximum atomic E-state index is 12.2. The van der Waals surface area contributed by atoms with Gasteiger partial charge in [-0.15, -0.1) is 11.3 Å². The van der Waals surface area contributed by atoms with E-state index in [4.69, 9.17) is 0 Å². The van der Waals surface area contributed by atoms with Crippen molar-refractivity contribution in [2.45, 2.75) is 27.3 Å². The van der Waals surface area contributed by atoms with Crippen LogP contribution in [0.3, 0.4) is 0 Å². The topological polar surface area (TPSA) is 77.9 Å². The minimum absolute atomic E-state index is 0.0529. The molecule has 0 atom stereocenters. The first-order valence-electron chi connectivity index (χ1n) is 7.64. The van der Waals surface area contributed by atoms with Crippen molar-refractivity contribution in [3.63, 3.8) is 0 Å². The van der Waals surface area contributed by atoms with Crippen molar-refractivity contribution >= 4 is 27.3 Å². The number of hydrogen-bond acceptors (Lipinski definition) is 5. The summed E-state index contributed by atoms with van der Waals surface area (Å²) in [6.07, 6.45) is 0. The SMILES string of the molecule is CCN(CC)S(=O)(=O)CCNC(=NC)N(C)Cc1csc(C)n1. The molecule has 7 nitrogen and oxygen atoms in total. The maximum absolute atomic E-state index is 12.2. The van der Waals surface area contributed by atoms with Crippen molar-refractivity contribution < 1.29 is 8.42 Å². The lowest BCUT2D eigenvalue weighted by Gasteiger charge is -2.22. The van der Waals surface area contributed by atoms with Crippen LogP contribution in [0, 0.1) is 6.92 Å². The minimum atomic E-state index is -3.22. The van der Waals surface area contributed by atoms with Crippen LogP contribution in [0.1, 0.15) is 24.5 Å². The van der Waals surface area contributed by atoms with E-state index in [-0.39, 0.29) is 5.75 Å². The van der Waals surface area contributed by atoms with E-state index in [1.54, 1.807) is 18.4 Å². The number of nitrogens with zero attached hydrogens (tertiary/aromatic N) is 4. The Hall–Kier alpha value is -1.19. The molecule has 1 aromatic heterocycles. The van der Waals surface area contributed by atoms with Crippen LogP contribution in [0.25, 0.3) is 0 Å². The van der Waals surface area contributed by atoms with Crippen LogP contribution in [0.5, 0.6) is 0 Å². The third-order valence-electron chi connectivity index (χ3n) is 3.38. The van der Waals surface area contributed by atoms with E-state index in [0.717, 1.165) is 10.7 Å². The smallest absolute Gasteiger partial charge is 0.215 e. The van der Waals surface area contributed by atoms with Crippen LogP contribution in [0.2, 0.25) is 0 Å². The Kier molecular flexibility index (Phi) is 7.93. The fraction of sp³-hybridized carbons (Fsp3) is 0.714. The maximum Gasteiger partial charge on any atom is 0.215 e. The van der Waals surface area contributed by atoms with Crippen molar-refractivity contribution in [2.24, 2.45) is 4.99 Å². The number of aromatic nitrogens is 1. The van der Waals surface area contributed by atoms with Crippen molar-refractivity contribution in [2.75, 3.05) is 39.5 Å². The zero-order valence-electron chi connectivity index (χ0n) is 14.5. The van der Waals surface area contributed by atoms with E-state index >= 15 is 0 Å². The molecule has 0 aliphatic rings. The summed E-state index contributed by atoms with van der Waals surface area (Å²) in [6, 6.07) is 0. The number of aliphatic imine (C=N–C) groups is 1. The van der Waals surface area contributed by atoms with Crippen LogP contribution in [-0.4, -0.2) is 68.0 Å². The predicted octanol–water partition coefficient (Wildman–Crippen LogP) is 1.13. The Morgan fingerprint density at radius 2 is 2.04 bits per heavy atom.